The molecule has 2 aromatic heterocycles. The van der Waals surface area contributed by atoms with Crippen LogP contribution >= 0.6 is 11.8 Å². The third-order valence-corrected chi connectivity index (χ3v) is 3.30. The Morgan fingerprint density at radius 3 is 3.18 bits per heavy atom. The topological polar surface area (TPSA) is 56.5 Å². The highest BCUT2D eigenvalue weighted by atomic mass is 32.2. The van der Waals surface area contributed by atoms with Crippen LogP contribution in [0.4, 0.5) is 0 Å². The second kappa shape index (κ2) is 5.67. The predicted octanol–water partition coefficient (Wildman–Crippen LogP) is 1.77. The minimum Gasteiger partial charge on any atom is -0.469 e. The fraction of sp³-hybridized carbons (Fsp3) is 0.364. The Bertz CT molecular complexity index is 512. The monoisotopic (exact) mass is 251 g/mol. The molecule has 0 spiro atoms. The lowest BCUT2D eigenvalue weighted by atomic mass is 10.3. The Kier molecular flexibility index (Phi) is 3.98. The lowest BCUT2D eigenvalue weighted by Crippen LogP contribution is -2.00. The number of pyridine rings is 1. The molecule has 0 saturated heterocycles. The summed E-state index contributed by atoms with van der Waals surface area (Å²) in [6.07, 6.45) is 3.15. The zero-order valence-corrected chi connectivity index (χ0v) is 10.3. The minimum absolute atomic E-state index is 0.170. The van der Waals surface area contributed by atoms with Crippen LogP contribution in [-0.2, 0) is 9.53 Å². The summed E-state index contributed by atoms with van der Waals surface area (Å²) in [7, 11) is 1.40. The van der Waals surface area contributed by atoms with Crippen LogP contribution in [-0.4, -0.2) is 33.4 Å². The summed E-state index contributed by atoms with van der Waals surface area (Å²) < 4.78 is 6.51. The molecule has 0 aliphatic rings. The van der Waals surface area contributed by atoms with Gasteiger partial charge in [-0.2, -0.15) is 0 Å². The van der Waals surface area contributed by atoms with Crippen molar-refractivity contribution in [1.29, 1.82) is 0 Å². The Labute approximate surface area is 103 Å². The number of aromatic nitrogens is 3. The number of rotatable bonds is 5. The molecule has 0 bridgehead atoms. The van der Waals surface area contributed by atoms with E-state index in [4.69, 9.17) is 0 Å². The van der Waals surface area contributed by atoms with Gasteiger partial charge >= 0.3 is 5.97 Å². The highest BCUT2D eigenvalue weighted by Gasteiger charge is 2.05. The number of carbonyl (C=O) groups excluding carboxylic acids is 1. The average molecular weight is 251 g/mol. The number of thioether (sulfide) groups is 1. The Balaban J connectivity index is 1.89. The first-order chi connectivity index (χ1) is 8.31. The number of ether oxygens (including phenoxy) is 1. The van der Waals surface area contributed by atoms with Gasteiger partial charge in [0, 0.05) is 18.4 Å². The molecule has 2 aromatic rings. The van der Waals surface area contributed by atoms with E-state index in [1.54, 1.807) is 11.8 Å². The summed E-state index contributed by atoms with van der Waals surface area (Å²) in [5.74, 6) is 0.654. The van der Waals surface area contributed by atoms with Gasteiger partial charge in [0.25, 0.3) is 0 Å². The predicted molar refractivity (Wildman–Crippen MR) is 65.0 cm³/mol. The van der Waals surface area contributed by atoms with E-state index >= 15 is 0 Å². The van der Waals surface area contributed by atoms with E-state index in [1.807, 2.05) is 28.8 Å². The van der Waals surface area contributed by atoms with Crippen LogP contribution in [0.1, 0.15) is 12.8 Å². The van der Waals surface area contributed by atoms with Crippen molar-refractivity contribution in [2.75, 3.05) is 12.9 Å². The summed E-state index contributed by atoms with van der Waals surface area (Å²) in [6.45, 7) is 0. The van der Waals surface area contributed by atoms with Gasteiger partial charge in [0.05, 0.1) is 7.11 Å². The van der Waals surface area contributed by atoms with E-state index < -0.39 is 0 Å². The summed E-state index contributed by atoms with van der Waals surface area (Å²) >= 11 is 1.59. The molecule has 0 saturated carbocycles. The molecule has 6 heteroatoms. The van der Waals surface area contributed by atoms with Crippen LogP contribution in [0.15, 0.2) is 29.6 Å². The number of hydrogen-bond acceptors (Lipinski definition) is 5. The highest BCUT2D eigenvalue weighted by molar-refractivity contribution is 7.99. The number of carbonyl (C=O) groups is 1. The van der Waals surface area contributed by atoms with Crippen molar-refractivity contribution >= 4 is 23.4 Å². The van der Waals surface area contributed by atoms with Gasteiger partial charge < -0.3 is 4.74 Å². The molecular formula is C11H13N3O2S. The first-order valence-electron chi connectivity index (χ1n) is 5.30. The van der Waals surface area contributed by atoms with Crippen molar-refractivity contribution in [2.24, 2.45) is 0 Å². The van der Waals surface area contributed by atoms with Gasteiger partial charge in [0.2, 0.25) is 0 Å². The van der Waals surface area contributed by atoms with E-state index in [-0.39, 0.29) is 5.97 Å². The average Bonchev–Trinajstić information content (AvgIpc) is 2.78. The summed E-state index contributed by atoms with van der Waals surface area (Å²) in [5.41, 5.74) is 0.836. The first-order valence-corrected chi connectivity index (χ1v) is 6.29. The van der Waals surface area contributed by atoms with Crippen molar-refractivity contribution in [2.45, 2.75) is 18.0 Å². The maximum absolute atomic E-state index is 10.9. The lowest BCUT2D eigenvalue weighted by molar-refractivity contribution is -0.140. The third-order valence-electron chi connectivity index (χ3n) is 2.27. The number of esters is 1. The van der Waals surface area contributed by atoms with E-state index in [1.165, 1.54) is 7.11 Å². The van der Waals surface area contributed by atoms with Crippen molar-refractivity contribution < 1.29 is 9.53 Å². The molecule has 17 heavy (non-hydrogen) atoms. The fourth-order valence-electron chi connectivity index (χ4n) is 1.40. The van der Waals surface area contributed by atoms with Crippen molar-refractivity contribution in [3.63, 3.8) is 0 Å². The summed E-state index contributed by atoms with van der Waals surface area (Å²) in [4.78, 5) is 10.9. The van der Waals surface area contributed by atoms with Crippen LogP contribution < -0.4 is 0 Å². The second-order valence-corrected chi connectivity index (χ2v) is 4.50. The van der Waals surface area contributed by atoms with E-state index in [0.717, 1.165) is 23.0 Å². The molecule has 90 valence electrons. The molecule has 0 N–H and O–H groups in total. The third kappa shape index (κ3) is 2.97. The Morgan fingerprint density at radius 1 is 1.47 bits per heavy atom. The van der Waals surface area contributed by atoms with Gasteiger partial charge in [0.1, 0.15) is 0 Å². The quantitative estimate of drug-likeness (QED) is 0.460. The van der Waals surface area contributed by atoms with Crippen LogP contribution in [0, 0.1) is 0 Å². The molecule has 0 radical (unpaired) electrons. The van der Waals surface area contributed by atoms with E-state index in [0.29, 0.717) is 6.42 Å². The largest absolute Gasteiger partial charge is 0.469 e. The standard InChI is InChI=1S/C11H13N3O2S/c1-16-10(15)6-4-8-17-11-13-12-9-5-2-3-7-14(9)11/h2-3,5,7H,4,6,8H2,1H3. The molecule has 0 aromatic carbocycles. The van der Waals surface area contributed by atoms with Crippen molar-refractivity contribution in [3.05, 3.63) is 24.4 Å². The molecule has 0 fully saturated rings. The van der Waals surface area contributed by atoms with Crippen LogP contribution in [0.5, 0.6) is 0 Å². The number of nitrogens with zero attached hydrogens (tertiary/aromatic N) is 3. The first kappa shape index (κ1) is 11.9. The number of methoxy groups -OCH3 is 1. The normalized spacial score (nSPS) is 10.6. The van der Waals surface area contributed by atoms with Gasteiger partial charge in [-0.3, -0.25) is 9.20 Å². The number of hydrogen-bond donors (Lipinski definition) is 0. The molecule has 2 heterocycles. The van der Waals surface area contributed by atoms with E-state index in [2.05, 4.69) is 14.9 Å². The maximum Gasteiger partial charge on any atom is 0.305 e. The molecule has 0 unspecified atom stereocenters. The van der Waals surface area contributed by atoms with Gasteiger partial charge in [-0.25, -0.2) is 0 Å². The SMILES string of the molecule is COC(=O)CCCSc1nnc2ccccn12. The minimum atomic E-state index is -0.170. The Hall–Kier alpha value is -1.56. The van der Waals surface area contributed by atoms with Gasteiger partial charge in [-0.05, 0) is 18.6 Å². The second-order valence-electron chi connectivity index (χ2n) is 3.44. The summed E-state index contributed by atoms with van der Waals surface area (Å²) in [6, 6.07) is 5.77. The molecule has 0 aliphatic heterocycles. The molecular weight excluding hydrogens is 238 g/mol. The van der Waals surface area contributed by atoms with Crippen LogP contribution in [0.25, 0.3) is 5.65 Å². The molecule has 0 amide bonds. The molecule has 0 atom stereocenters. The zero-order chi connectivity index (χ0) is 12.1. The van der Waals surface area contributed by atoms with Crippen LogP contribution in [0.2, 0.25) is 0 Å². The molecule has 0 aliphatic carbocycles. The highest BCUT2D eigenvalue weighted by Crippen LogP contribution is 2.17. The number of fused-ring (bicyclic) bond motifs is 1. The fourth-order valence-corrected chi connectivity index (χ4v) is 2.26. The molecule has 2 rings (SSSR count). The van der Waals surface area contributed by atoms with Crippen LogP contribution in [0.3, 0.4) is 0 Å². The lowest BCUT2D eigenvalue weighted by Gasteiger charge is -1.99. The van der Waals surface area contributed by atoms with Gasteiger partial charge in [-0.1, -0.05) is 17.8 Å². The van der Waals surface area contributed by atoms with Crippen molar-refractivity contribution in [3.8, 4) is 0 Å². The van der Waals surface area contributed by atoms with E-state index in [9.17, 15) is 4.79 Å². The van der Waals surface area contributed by atoms with Crippen molar-refractivity contribution in [1.82, 2.24) is 14.6 Å². The summed E-state index contributed by atoms with van der Waals surface area (Å²) in [5, 5.41) is 8.99. The van der Waals surface area contributed by atoms with Gasteiger partial charge in [0.15, 0.2) is 10.8 Å². The maximum atomic E-state index is 10.9. The Morgan fingerprint density at radius 2 is 2.35 bits per heavy atom. The molecule has 5 nitrogen and oxygen atoms in total. The van der Waals surface area contributed by atoms with Gasteiger partial charge in [-0.15, -0.1) is 10.2 Å². The zero-order valence-electron chi connectivity index (χ0n) is 9.50. The smallest absolute Gasteiger partial charge is 0.305 e.